The van der Waals surface area contributed by atoms with Gasteiger partial charge in [-0.3, -0.25) is 4.79 Å². The molecule has 1 aliphatic rings. The largest absolute Gasteiger partial charge is 0.457 e. The van der Waals surface area contributed by atoms with Crippen LogP contribution >= 0.6 is 0 Å². The quantitative estimate of drug-likeness (QED) is 0.853. The van der Waals surface area contributed by atoms with Crippen LogP contribution in [0, 0.1) is 0 Å². The molecule has 1 heterocycles. The van der Waals surface area contributed by atoms with Crippen LogP contribution in [0.3, 0.4) is 0 Å². The third-order valence-corrected chi connectivity index (χ3v) is 4.72. The van der Waals surface area contributed by atoms with E-state index in [0.717, 1.165) is 42.3 Å². The molecular weight excluding hydrogens is 300 g/mol. The normalized spacial score (nSPS) is 13.1. The molecule has 1 amide bonds. The Balaban J connectivity index is 1.80. The lowest BCUT2D eigenvalue weighted by atomic mass is 9.87. The lowest BCUT2D eigenvalue weighted by molar-refractivity contribution is -0.895. The summed E-state index contributed by atoms with van der Waals surface area (Å²) in [5, 5.41) is 3.12. The van der Waals surface area contributed by atoms with Gasteiger partial charge in [-0.25, -0.2) is 0 Å². The fourth-order valence-electron chi connectivity index (χ4n) is 3.26. The molecule has 2 aromatic rings. The van der Waals surface area contributed by atoms with Gasteiger partial charge in [-0.2, -0.15) is 0 Å². The molecule has 0 atom stereocenters. The Morgan fingerprint density at radius 2 is 1.54 bits per heavy atom. The zero-order chi connectivity index (χ0) is 16.9. The first-order valence-corrected chi connectivity index (χ1v) is 8.71. The van der Waals surface area contributed by atoms with E-state index in [4.69, 9.17) is 4.74 Å². The molecule has 0 aromatic heterocycles. The topological polar surface area (TPSA) is 42.8 Å². The Kier molecular flexibility index (Phi) is 5.16. The molecule has 24 heavy (non-hydrogen) atoms. The second kappa shape index (κ2) is 7.49. The van der Waals surface area contributed by atoms with Crippen molar-refractivity contribution in [2.24, 2.45) is 0 Å². The first kappa shape index (κ1) is 16.5. The summed E-state index contributed by atoms with van der Waals surface area (Å²) in [6, 6.07) is 15.6. The second-order valence-electron chi connectivity index (χ2n) is 6.11. The van der Waals surface area contributed by atoms with E-state index in [2.05, 4.69) is 19.2 Å². The Hall–Kier alpha value is -2.33. The molecule has 4 heteroatoms. The molecule has 126 valence electrons. The summed E-state index contributed by atoms with van der Waals surface area (Å²) in [5.74, 6) is 1.28. The van der Waals surface area contributed by atoms with Crippen molar-refractivity contribution in [3.63, 3.8) is 0 Å². The Morgan fingerprint density at radius 1 is 1.00 bits per heavy atom. The number of hydrogen-bond donors (Lipinski definition) is 2. The first-order valence-electron chi connectivity index (χ1n) is 8.71. The molecule has 0 fully saturated rings. The van der Waals surface area contributed by atoms with Gasteiger partial charge in [0.15, 0.2) is 0 Å². The van der Waals surface area contributed by atoms with E-state index in [0.29, 0.717) is 6.54 Å². The Bertz CT molecular complexity index is 665. The number of ether oxygens (including phenoxy) is 1. The second-order valence-corrected chi connectivity index (χ2v) is 6.11. The van der Waals surface area contributed by atoms with Gasteiger partial charge < -0.3 is 15.0 Å². The monoisotopic (exact) mass is 325 g/mol. The summed E-state index contributed by atoms with van der Waals surface area (Å²) in [5.41, 5.74) is 1.87. The van der Waals surface area contributed by atoms with Crippen LogP contribution in [-0.4, -0.2) is 32.1 Å². The SMILES string of the molecule is CC[NH+](CC)CCNC(=O)C1c2ccccc2Oc2ccccc21. The van der Waals surface area contributed by atoms with Crippen LogP contribution < -0.4 is 15.0 Å². The number of rotatable bonds is 6. The van der Waals surface area contributed by atoms with Crippen molar-refractivity contribution in [1.82, 2.24) is 5.32 Å². The lowest BCUT2D eigenvalue weighted by Crippen LogP contribution is -3.12. The molecule has 1 aliphatic heterocycles. The minimum Gasteiger partial charge on any atom is -0.457 e. The number of hydrogen-bond acceptors (Lipinski definition) is 2. The fourth-order valence-corrected chi connectivity index (χ4v) is 3.26. The molecule has 0 spiro atoms. The van der Waals surface area contributed by atoms with Gasteiger partial charge in [0.05, 0.1) is 32.1 Å². The average Bonchev–Trinajstić information content (AvgIpc) is 2.63. The average molecular weight is 325 g/mol. The zero-order valence-corrected chi connectivity index (χ0v) is 14.3. The minimum absolute atomic E-state index is 0.0461. The Morgan fingerprint density at radius 3 is 2.08 bits per heavy atom. The number of nitrogens with one attached hydrogen (secondary N) is 2. The van der Waals surface area contributed by atoms with Crippen LogP contribution in [0.1, 0.15) is 30.9 Å². The van der Waals surface area contributed by atoms with Gasteiger partial charge in [0, 0.05) is 11.1 Å². The van der Waals surface area contributed by atoms with Crippen molar-refractivity contribution in [2.45, 2.75) is 19.8 Å². The van der Waals surface area contributed by atoms with Gasteiger partial charge in [-0.15, -0.1) is 0 Å². The van der Waals surface area contributed by atoms with Gasteiger partial charge in [-0.1, -0.05) is 36.4 Å². The third-order valence-electron chi connectivity index (χ3n) is 4.72. The van der Waals surface area contributed by atoms with Gasteiger partial charge >= 0.3 is 0 Å². The zero-order valence-electron chi connectivity index (χ0n) is 14.3. The number of likely N-dealkylation sites (N-methyl/N-ethyl adjacent to an activating group) is 1. The number of para-hydroxylation sites is 2. The van der Waals surface area contributed by atoms with E-state index in [1.54, 1.807) is 0 Å². The highest BCUT2D eigenvalue weighted by molar-refractivity contribution is 5.89. The van der Waals surface area contributed by atoms with Crippen molar-refractivity contribution < 1.29 is 14.4 Å². The lowest BCUT2D eigenvalue weighted by Gasteiger charge is -2.27. The molecule has 2 N–H and O–H groups in total. The standard InChI is InChI=1S/C20H24N2O2/c1-3-22(4-2)14-13-21-20(23)19-15-9-5-7-11-17(15)24-18-12-8-6-10-16(18)19/h5-12,19H,3-4,13-14H2,1-2H3,(H,21,23)/p+1. The fraction of sp³-hybridized carbons (Fsp3) is 0.350. The summed E-state index contributed by atoms with van der Waals surface area (Å²) in [4.78, 5) is 14.4. The van der Waals surface area contributed by atoms with E-state index in [-0.39, 0.29) is 11.8 Å². The van der Waals surface area contributed by atoms with Crippen molar-refractivity contribution in [1.29, 1.82) is 0 Å². The van der Waals surface area contributed by atoms with E-state index < -0.39 is 0 Å². The maximum atomic E-state index is 12.9. The smallest absolute Gasteiger partial charge is 0.232 e. The maximum Gasteiger partial charge on any atom is 0.232 e. The molecule has 4 nitrogen and oxygen atoms in total. The molecule has 0 saturated carbocycles. The van der Waals surface area contributed by atoms with Crippen molar-refractivity contribution >= 4 is 5.91 Å². The minimum atomic E-state index is -0.308. The molecular formula is C20H25N2O2+. The first-order chi connectivity index (χ1) is 11.7. The van der Waals surface area contributed by atoms with Crippen LogP contribution in [0.2, 0.25) is 0 Å². The molecule has 0 radical (unpaired) electrons. The number of carbonyl (C=O) groups is 1. The van der Waals surface area contributed by atoms with Crippen molar-refractivity contribution in [2.75, 3.05) is 26.2 Å². The van der Waals surface area contributed by atoms with E-state index in [1.165, 1.54) is 4.90 Å². The van der Waals surface area contributed by atoms with Crippen LogP contribution in [0.5, 0.6) is 11.5 Å². The number of fused-ring (bicyclic) bond motifs is 2. The summed E-state index contributed by atoms with van der Waals surface area (Å²) in [6.45, 7) is 8.14. The summed E-state index contributed by atoms with van der Waals surface area (Å²) < 4.78 is 5.95. The molecule has 0 aliphatic carbocycles. The number of carbonyl (C=O) groups excluding carboxylic acids is 1. The van der Waals surface area contributed by atoms with Crippen LogP contribution in [-0.2, 0) is 4.79 Å². The van der Waals surface area contributed by atoms with Gasteiger partial charge in [0.2, 0.25) is 5.91 Å². The molecule has 3 rings (SSSR count). The van der Waals surface area contributed by atoms with Gasteiger partial charge in [0.25, 0.3) is 0 Å². The summed E-state index contributed by atoms with van der Waals surface area (Å²) in [6.07, 6.45) is 0. The predicted molar refractivity (Wildman–Crippen MR) is 94.7 cm³/mol. The van der Waals surface area contributed by atoms with Crippen LogP contribution in [0.15, 0.2) is 48.5 Å². The van der Waals surface area contributed by atoms with E-state index in [9.17, 15) is 4.79 Å². The highest BCUT2D eigenvalue weighted by atomic mass is 16.5. The molecule has 0 unspecified atom stereocenters. The van der Waals surface area contributed by atoms with Gasteiger partial charge in [0.1, 0.15) is 11.5 Å². The van der Waals surface area contributed by atoms with E-state index in [1.807, 2.05) is 48.5 Å². The maximum absolute atomic E-state index is 12.9. The summed E-state index contributed by atoms with van der Waals surface area (Å²) >= 11 is 0. The summed E-state index contributed by atoms with van der Waals surface area (Å²) in [7, 11) is 0. The third kappa shape index (κ3) is 3.29. The van der Waals surface area contributed by atoms with Crippen molar-refractivity contribution in [3.05, 3.63) is 59.7 Å². The molecule has 0 saturated heterocycles. The Labute approximate surface area is 143 Å². The van der Waals surface area contributed by atoms with Crippen LogP contribution in [0.25, 0.3) is 0 Å². The highest BCUT2D eigenvalue weighted by Crippen LogP contribution is 2.43. The molecule has 0 bridgehead atoms. The van der Waals surface area contributed by atoms with Crippen molar-refractivity contribution in [3.8, 4) is 11.5 Å². The number of benzene rings is 2. The molecule has 2 aromatic carbocycles. The number of quaternary nitrogens is 1. The number of amides is 1. The predicted octanol–water partition coefficient (Wildman–Crippen LogP) is 1.97. The van der Waals surface area contributed by atoms with E-state index >= 15 is 0 Å². The van der Waals surface area contributed by atoms with Gasteiger partial charge in [-0.05, 0) is 26.0 Å². The highest BCUT2D eigenvalue weighted by Gasteiger charge is 2.32. The van der Waals surface area contributed by atoms with Crippen LogP contribution in [0.4, 0.5) is 0 Å².